The first-order valence-corrected chi connectivity index (χ1v) is 6.70. The molecule has 7 heteroatoms. The van der Waals surface area contributed by atoms with Gasteiger partial charge in [-0.15, -0.1) is 0 Å². The highest BCUT2D eigenvalue weighted by molar-refractivity contribution is 5.98. The van der Waals surface area contributed by atoms with Crippen molar-refractivity contribution in [3.05, 3.63) is 30.3 Å². The molecule has 112 valence electrons. The lowest BCUT2D eigenvalue weighted by Gasteiger charge is -2.23. The molecule has 0 radical (unpaired) electrons. The number of carboxylic acid groups (broad SMARTS) is 1. The topological polar surface area (TPSA) is 98.7 Å². The molecule has 0 spiro atoms. The summed E-state index contributed by atoms with van der Waals surface area (Å²) in [5.41, 5.74) is 0.672. The molecule has 0 aromatic heterocycles. The molecule has 3 N–H and O–H groups in total. The summed E-state index contributed by atoms with van der Waals surface area (Å²) in [7, 11) is 0. The summed E-state index contributed by atoms with van der Waals surface area (Å²) in [5.74, 6) is -0.634. The average Bonchev–Trinajstić information content (AvgIpc) is 2.95. The largest absolute Gasteiger partial charge is 0.465 e. The second-order valence-electron chi connectivity index (χ2n) is 4.76. The Hall–Kier alpha value is -2.57. The Morgan fingerprint density at radius 2 is 1.95 bits per heavy atom. The molecule has 1 heterocycles. The molecule has 1 fully saturated rings. The normalized spacial score (nSPS) is 17.3. The first-order valence-electron chi connectivity index (χ1n) is 6.70. The monoisotopic (exact) mass is 291 g/mol. The van der Waals surface area contributed by atoms with Gasteiger partial charge in [-0.25, -0.2) is 4.79 Å². The fraction of sp³-hybridized carbons (Fsp3) is 0.357. The number of carbonyl (C=O) groups excluding carboxylic acids is 2. The number of carbonyl (C=O) groups is 3. The van der Waals surface area contributed by atoms with E-state index in [0.29, 0.717) is 18.7 Å². The lowest BCUT2D eigenvalue weighted by atomic mass is 10.2. The Labute approximate surface area is 121 Å². The zero-order chi connectivity index (χ0) is 15.2. The maximum atomic E-state index is 12.2. The van der Waals surface area contributed by atoms with E-state index in [-0.39, 0.29) is 18.4 Å². The van der Waals surface area contributed by atoms with Gasteiger partial charge in [0.05, 0.1) is 0 Å². The highest BCUT2D eigenvalue weighted by Gasteiger charge is 2.33. The van der Waals surface area contributed by atoms with Gasteiger partial charge in [0.25, 0.3) is 0 Å². The minimum atomic E-state index is -1.26. The van der Waals surface area contributed by atoms with Crippen molar-refractivity contribution >= 4 is 23.6 Å². The van der Waals surface area contributed by atoms with E-state index >= 15 is 0 Å². The molecule has 21 heavy (non-hydrogen) atoms. The smallest absolute Gasteiger partial charge is 0.405 e. The fourth-order valence-corrected chi connectivity index (χ4v) is 2.34. The molecule has 1 atom stereocenters. The Balaban J connectivity index is 1.96. The van der Waals surface area contributed by atoms with Gasteiger partial charge in [0, 0.05) is 12.2 Å². The number of hydrogen-bond donors (Lipinski definition) is 3. The van der Waals surface area contributed by atoms with Crippen LogP contribution in [-0.2, 0) is 9.59 Å². The Morgan fingerprint density at radius 1 is 1.24 bits per heavy atom. The Kier molecular flexibility index (Phi) is 4.76. The van der Waals surface area contributed by atoms with Crippen LogP contribution in [0.2, 0.25) is 0 Å². The standard InChI is InChI=1S/C14H17N3O4/c18-12(9-15-14(20)21)17-8-4-7-11(17)13(19)16-10-5-2-1-3-6-10/h1-3,5-6,11,15H,4,7-9H2,(H,16,19)(H,20,21)/t11-/m0/s1. The predicted octanol–water partition coefficient (Wildman–Crippen LogP) is 0.884. The fourth-order valence-electron chi connectivity index (χ4n) is 2.34. The summed E-state index contributed by atoms with van der Waals surface area (Å²) >= 11 is 0. The lowest BCUT2D eigenvalue weighted by Crippen LogP contribution is -2.47. The number of benzene rings is 1. The molecule has 1 aliphatic heterocycles. The third kappa shape index (κ3) is 3.95. The van der Waals surface area contributed by atoms with Crippen LogP contribution in [0.3, 0.4) is 0 Å². The number of amides is 3. The van der Waals surface area contributed by atoms with E-state index in [2.05, 4.69) is 5.32 Å². The summed E-state index contributed by atoms with van der Waals surface area (Å²) in [4.78, 5) is 36.0. The van der Waals surface area contributed by atoms with Crippen molar-refractivity contribution in [1.82, 2.24) is 10.2 Å². The summed E-state index contributed by atoms with van der Waals surface area (Å²) in [5, 5.41) is 13.3. The van der Waals surface area contributed by atoms with Crippen LogP contribution in [0.15, 0.2) is 30.3 Å². The lowest BCUT2D eigenvalue weighted by molar-refractivity contribution is -0.135. The van der Waals surface area contributed by atoms with Crippen LogP contribution in [0.5, 0.6) is 0 Å². The van der Waals surface area contributed by atoms with Crippen LogP contribution >= 0.6 is 0 Å². The molecule has 0 saturated carbocycles. The van der Waals surface area contributed by atoms with Crippen molar-refractivity contribution in [2.75, 3.05) is 18.4 Å². The number of nitrogens with zero attached hydrogens (tertiary/aromatic N) is 1. The molecule has 0 aliphatic carbocycles. The maximum Gasteiger partial charge on any atom is 0.405 e. The van der Waals surface area contributed by atoms with Crippen molar-refractivity contribution in [2.45, 2.75) is 18.9 Å². The molecule has 0 bridgehead atoms. The van der Waals surface area contributed by atoms with Crippen LogP contribution in [0, 0.1) is 0 Å². The van der Waals surface area contributed by atoms with Crippen LogP contribution < -0.4 is 10.6 Å². The van der Waals surface area contributed by atoms with Gasteiger partial charge < -0.3 is 20.6 Å². The maximum absolute atomic E-state index is 12.2. The average molecular weight is 291 g/mol. The minimum absolute atomic E-state index is 0.248. The summed E-state index contributed by atoms with van der Waals surface area (Å²) in [6.07, 6.45) is 0.0521. The molecular weight excluding hydrogens is 274 g/mol. The molecule has 1 aromatic rings. The number of rotatable bonds is 4. The van der Waals surface area contributed by atoms with Gasteiger partial charge in [-0.1, -0.05) is 18.2 Å². The van der Waals surface area contributed by atoms with Gasteiger partial charge in [0.2, 0.25) is 11.8 Å². The first kappa shape index (κ1) is 14.8. The van der Waals surface area contributed by atoms with Crippen molar-refractivity contribution in [3.63, 3.8) is 0 Å². The van der Waals surface area contributed by atoms with Crippen molar-refractivity contribution < 1.29 is 19.5 Å². The van der Waals surface area contributed by atoms with Gasteiger partial charge in [-0.2, -0.15) is 0 Å². The number of hydrogen-bond acceptors (Lipinski definition) is 3. The number of anilines is 1. The molecule has 0 unspecified atom stereocenters. The van der Waals surface area contributed by atoms with Crippen molar-refractivity contribution in [2.24, 2.45) is 0 Å². The van der Waals surface area contributed by atoms with E-state index in [1.807, 2.05) is 23.5 Å². The van der Waals surface area contributed by atoms with Gasteiger partial charge >= 0.3 is 6.09 Å². The van der Waals surface area contributed by atoms with Gasteiger partial charge in [0.15, 0.2) is 0 Å². The van der Waals surface area contributed by atoms with Crippen LogP contribution in [0.1, 0.15) is 12.8 Å². The number of para-hydroxylation sites is 1. The molecule has 1 saturated heterocycles. The van der Waals surface area contributed by atoms with E-state index in [9.17, 15) is 14.4 Å². The van der Waals surface area contributed by atoms with E-state index in [1.54, 1.807) is 12.1 Å². The van der Waals surface area contributed by atoms with Gasteiger partial charge in [0.1, 0.15) is 12.6 Å². The van der Waals surface area contributed by atoms with Crippen LogP contribution in [0.25, 0.3) is 0 Å². The van der Waals surface area contributed by atoms with Gasteiger partial charge in [-0.05, 0) is 25.0 Å². The van der Waals surface area contributed by atoms with E-state index in [4.69, 9.17) is 5.11 Å². The third-order valence-corrected chi connectivity index (χ3v) is 3.31. The molecule has 1 aliphatic rings. The van der Waals surface area contributed by atoms with E-state index < -0.39 is 12.1 Å². The highest BCUT2D eigenvalue weighted by atomic mass is 16.4. The minimum Gasteiger partial charge on any atom is -0.465 e. The Bertz CT molecular complexity index is 532. The molecule has 7 nitrogen and oxygen atoms in total. The first-order chi connectivity index (χ1) is 10.1. The Morgan fingerprint density at radius 3 is 2.62 bits per heavy atom. The molecular formula is C14H17N3O4. The zero-order valence-electron chi connectivity index (χ0n) is 11.4. The van der Waals surface area contributed by atoms with Crippen molar-refractivity contribution in [1.29, 1.82) is 0 Å². The molecule has 1 aromatic carbocycles. The number of likely N-dealkylation sites (tertiary alicyclic amines) is 1. The molecule has 2 rings (SSSR count). The van der Waals surface area contributed by atoms with E-state index in [0.717, 1.165) is 6.42 Å². The number of nitrogens with one attached hydrogen (secondary N) is 2. The van der Waals surface area contributed by atoms with Crippen LogP contribution in [-0.4, -0.2) is 47.0 Å². The van der Waals surface area contributed by atoms with Gasteiger partial charge in [-0.3, -0.25) is 9.59 Å². The zero-order valence-corrected chi connectivity index (χ0v) is 11.4. The SMILES string of the molecule is O=C(O)NCC(=O)N1CCC[C@H]1C(=O)Nc1ccccc1. The second-order valence-corrected chi connectivity index (χ2v) is 4.76. The summed E-state index contributed by atoms with van der Waals surface area (Å²) < 4.78 is 0. The van der Waals surface area contributed by atoms with Crippen molar-refractivity contribution in [3.8, 4) is 0 Å². The second kappa shape index (κ2) is 6.74. The summed E-state index contributed by atoms with van der Waals surface area (Å²) in [6, 6.07) is 8.45. The third-order valence-electron chi connectivity index (χ3n) is 3.31. The van der Waals surface area contributed by atoms with Crippen LogP contribution in [0.4, 0.5) is 10.5 Å². The van der Waals surface area contributed by atoms with E-state index in [1.165, 1.54) is 4.90 Å². The highest BCUT2D eigenvalue weighted by Crippen LogP contribution is 2.19. The quantitative estimate of drug-likeness (QED) is 0.767. The molecule has 3 amide bonds. The predicted molar refractivity (Wildman–Crippen MR) is 75.8 cm³/mol. The summed E-state index contributed by atoms with van der Waals surface area (Å²) in [6.45, 7) is 0.150.